The van der Waals surface area contributed by atoms with Gasteiger partial charge in [0.1, 0.15) is 0 Å². The largest absolute Gasteiger partial charge is 0.351 e. The summed E-state index contributed by atoms with van der Waals surface area (Å²) in [6, 6.07) is -0.426. The SMILES string of the molecule is CNC(=O)C(=O)NC1CCS(=O)(=O)C1. The van der Waals surface area contributed by atoms with Gasteiger partial charge >= 0.3 is 11.8 Å². The summed E-state index contributed by atoms with van der Waals surface area (Å²) in [4.78, 5) is 21.8. The standard InChI is InChI=1S/C7H12N2O4S/c1-8-6(10)7(11)9-5-2-3-14(12,13)4-5/h5H,2-4H2,1H3,(H,8,10)(H,9,11). The minimum atomic E-state index is -3.02. The predicted molar refractivity (Wildman–Crippen MR) is 49.3 cm³/mol. The molecular weight excluding hydrogens is 208 g/mol. The number of likely N-dealkylation sites (N-methyl/N-ethyl adjacent to an activating group) is 1. The van der Waals surface area contributed by atoms with Crippen molar-refractivity contribution in [1.29, 1.82) is 0 Å². The van der Waals surface area contributed by atoms with Crippen LogP contribution in [0.3, 0.4) is 0 Å². The van der Waals surface area contributed by atoms with Gasteiger partial charge in [0.05, 0.1) is 11.5 Å². The Morgan fingerprint density at radius 1 is 1.29 bits per heavy atom. The highest BCUT2D eigenvalue weighted by Crippen LogP contribution is 2.10. The molecule has 0 spiro atoms. The zero-order valence-corrected chi connectivity index (χ0v) is 8.56. The Hall–Kier alpha value is -1.11. The number of sulfone groups is 1. The van der Waals surface area contributed by atoms with Gasteiger partial charge in [-0.3, -0.25) is 9.59 Å². The van der Waals surface area contributed by atoms with Crippen LogP contribution in [0.2, 0.25) is 0 Å². The van der Waals surface area contributed by atoms with Crippen LogP contribution in [0.1, 0.15) is 6.42 Å². The van der Waals surface area contributed by atoms with Crippen molar-refractivity contribution in [1.82, 2.24) is 10.6 Å². The Balaban J connectivity index is 2.48. The van der Waals surface area contributed by atoms with Gasteiger partial charge < -0.3 is 10.6 Å². The summed E-state index contributed by atoms with van der Waals surface area (Å²) in [5.41, 5.74) is 0. The first kappa shape index (κ1) is 11.0. The summed E-state index contributed by atoms with van der Waals surface area (Å²) < 4.78 is 22.0. The van der Waals surface area contributed by atoms with Gasteiger partial charge in [-0.25, -0.2) is 8.42 Å². The second-order valence-corrected chi connectivity index (χ2v) is 5.38. The van der Waals surface area contributed by atoms with Crippen LogP contribution in [0.4, 0.5) is 0 Å². The lowest BCUT2D eigenvalue weighted by Crippen LogP contribution is -2.44. The number of carbonyl (C=O) groups is 2. The normalized spacial score (nSPS) is 24.2. The van der Waals surface area contributed by atoms with Crippen molar-refractivity contribution >= 4 is 21.7 Å². The maximum atomic E-state index is 11.0. The zero-order valence-electron chi connectivity index (χ0n) is 7.74. The number of rotatable bonds is 1. The summed E-state index contributed by atoms with van der Waals surface area (Å²) in [7, 11) is -1.68. The molecule has 2 N–H and O–H groups in total. The Morgan fingerprint density at radius 3 is 2.36 bits per heavy atom. The first-order chi connectivity index (χ1) is 6.44. The lowest BCUT2D eigenvalue weighted by atomic mass is 10.2. The maximum absolute atomic E-state index is 11.0. The van der Waals surface area contributed by atoms with Gasteiger partial charge in [0.25, 0.3) is 0 Å². The van der Waals surface area contributed by atoms with Crippen LogP contribution < -0.4 is 10.6 Å². The van der Waals surface area contributed by atoms with Gasteiger partial charge in [-0.05, 0) is 6.42 Å². The highest BCUT2D eigenvalue weighted by Gasteiger charge is 2.29. The van der Waals surface area contributed by atoms with Crippen LogP contribution in [0, 0.1) is 0 Å². The molecule has 1 aliphatic heterocycles. The number of amides is 2. The highest BCUT2D eigenvalue weighted by molar-refractivity contribution is 7.91. The van der Waals surface area contributed by atoms with Crippen LogP contribution in [0.5, 0.6) is 0 Å². The molecule has 0 radical (unpaired) electrons. The van der Waals surface area contributed by atoms with Crippen molar-refractivity contribution in [2.24, 2.45) is 0 Å². The molecule has 80 valence electrons. The Kier molecular flexibility index (Phi) is 3.10. The van der Waals surface area contributed by atoms with Gasteiger partial charge in [0, 0.05) is 13.1 Å². The summed E-state index contributed by atoms with van der Waals surface area (Å²) >= 11 is 0. The van der Waals surface area contributed by atoms with Crippen molar-refractivity contribution in [2.75, 3.05) is 18.6 Å². The van der Waals surface area contributed by atoms with Crippen LogP contribution in [-0.2, 0) is 19.4 Å². The number of hydrogen-bond donors (Lipinski definition) is 2. The van der Waals surface area contributed by atoms with E-state index in [1.807, 2.05) is 0 Å². The first-order valence-corrected chi connectivity index (χ1v) is 6.00. The van der Waals surface area contributed by atoms with E-state index in [0.29, 0.717) is 6.42 Å². The maximum Gasteiger partial charge on any atom is 0.309 e. The van der Waals surface area contributed by atoms with E-state index >= 15 is 0 Å². The average molecular weight is 220 g/mol. The number of nitrogens with one attached hydrogen (secondary N) is 2. The summed E-state index contributed by atoms with van der Waals surface area (Å²) in [6.45, 7) is 0. The van der Waals surface area contributed by atoms with Gasteiger partial charge in [-0.2, -0.15) is 0 Å². The van der Waals surface area contributed by atoms with Gasteiger partial charge in [-0.1, -0.05) is 0 Å². The molecule has 2 amide bonds. The molecule has 1 heterocycles. The minimum Gasteiger partial charge on any atom is -0.351 e. The topological polar surface area (TPSA) is 92.3 Å². The summed E-state index contributed by atoms with van der Waals surface area (Å²) in [6.07, 6.45) is 0.380. The van der Waals surface area contributed by atoms with E-state index in [9.17, 15) is 18.0 Å². The van der Waals surface area contributed by atoms with Crippen LogP contribution in [0.15, 0.2) is 0 Å². The molecule has 14 heavy (non-hydrogen) atoms. The molecule has 1 aliphatic rings. The second-order valence-electron chi connectivity index (χ2n) is 3.15. The fourth-order valence-corrected chi connectivity index (χ4v) is 2.95. The van der Waals surface area contributed by atoms with Crippen molar-refractivity contribution in [3.63, 3.8) is 0 Å². The molecule has 0 bridgehead atoms. The van der Waals surface area contributed by atoms with Crippen LogP contribution in [0.25, 0.3) is 0 Å². The molecule has 1 saturated heterocycles. The van der Waals surface area contributed by atoms with Crippen molar-refractivity contribution < 1.29 is 18.0 Å². The van der Waals surface area contributed by atoms with E-state index < -0.39 is 27.7 Å². The van der Waals surface area contributed by atoms with Crippen molar-refractivity contribution in [3.8, 4) is 0 Å². The lowest BCUT2D eigenvalue weighted by molar-refractivity contribution is -0.139. The smallest absolute Gasteiger partial charge is 0.309 e. The second kappa shape index (κ2) is 3.95. The first-order valence-electron chi connectivity index (χ1n) is 4.17. The van der Waals surface area contributed by atoms with Gasteiger partial charge in [0.2, 0.25) is 0 Å². The molecule has 0 saturated carbocycles. The molecule has 0 aliphatic carbocycles. The zero-order chi connectivity index (χ0) is 10.8. The summed E-state index contributed by atoms with van der Waals surface area (Å²) in [5.74, 6) is -1.54. The fourth-order valence-electron chi connectivity index (χ4n) is 1.27. The van der Waals surface area contributed by atoms with Crippen LogP contribution >= 0.6 is 0 Å². The molecule has 1 rings (SSSR count). The fraction of sp³-hybridized carbons (Fsp3) is 0.714. The van der Waals surface area contributed by atoms with Crippen LogP contribution in [-0.4, -0.2) is 44.8 Å². The van der Waals surface area contributed by atoms with E-state index in [1.165, 1.54) is 7.05 Å². The number of carbonyl (C=O) groups excluding carboxylic acids is 2. The lowest BCUT2D eigenvalue weighted by Gasteiger charge is -2.08. The third-order valence-corrected chi connectivity index (χ3v) is 3.77. The molecule has 1 atom stereocenters. The Labute approximate surface area is 82.0 Å². The predicted octanol–water partition coefficient (Wildman–Crippen LogP) is -1.96. The third-order valence-electron chi connectivity index (χ3n) is 2.00. The van der Waals surface area contributed by atoms with E-state index in [-0.39, 0.29) is 11.5 Å². The number of hydrogen-bond acceptors (Lipinski definition) is 4. The molecule has 1 fully saturated rings. The molecule has 0 aromatic carbocycles. The van der Waals surface area contributed by atoms with Crippen molar-refractivity contribution in [2.45, 2.75) is 12.5 Å². The van der Waals surface area contributed by atoms with Crippen molar-refractivity contribution in [3.05, 3.63) is 0 Å². The van der Waals surface area contributed by atoms with E-state index in [1.54, 1.807) is 0 Å². The van der Waals surface area contributed by atoms with E-state index in [0.717, 1.165) is 0 Å². The molecule has 0 aromatic heterocycles. The van der Waals surface area contributed by atoms with E-state index in [2.05, 4.69) is 10.6 Å². The molecule has 7 heteroatoms. The molecule has 1 unspecified atom stereocenters. The Bertz CT molecular complexity index is 349. The van der Waals surface area contributed by atoms with E-state index in [4.69, 9.17) is 0 Å². The monoisotopic (exact) mass is 220 g/mol. The highest BCUT2D eigenvalue weighted by atomic mass is 32.2. The Morgan fingerprint density at radius 2 is 1.93 bits per heavy atom. The molecule has 6 nitrogen and oxygen atoms in total. The molecule has 0 aromatic rings. The average Bonchev–Trinajstić information content (AvgIpc) is 2.44. The summed E-state index contributed by atoms with van der Waals surface area (Å²) in [5, 5.41) is 4.51. The minimum absolute atomic E-state index is 0.0737. The molecular formula is C7H12N2O4S. The van der Waals surface area contributed by atoms with Gasteiger partial charge in [0.15, 0.2) is 9.84 Å². The third kappa shape index (κ3) is 2.69. The van der Waals surface area contributed by atoms with Gasteiger partial charge in [-0.15, -0.1) is 0 Å². The quantitative estimate of drug-likeness (QED) is 0.502.